The Labute approximate surface area is 189 Å². The summed E-state index contributed by atoms with van der Waals surface area (Å²) in [6, 6.07) is 33.2. The van der Waals surface area contributed by atoms with Crippen LogP contribution < -0.4 is 0 Å². The van der Waals surface area contributed by atoms with E-state index in [9.17, 15) is 0 Å². The van der Waals surface area contributed by atoms with Gasteiger partial charge in [0.2, 0.25) is 0 Å². The summed E-state index contributed by atoms with van der Waals surface area (Å²) in [5.41, 5.74) is 7.69. The normalized spacial score (nSPS) is 11.8. The largest absolute Gasteiger partial charge is 0.455 e. The molecule has 0 radical (unpaired) electrons. The average molecular weight is 425 g/mol. The Balaban J connectivity index is 1.57. The van der Waals surface area contributed by atoms with Crippen LogP contribution in [0.25, 0.3) is 61.0 Å². The Morgan fingerprint density at radius 3 is 2.48 bits per heavy atom. The minimum Gasteiger partial charge on any atom is -0.455 e. The van der Waals surface area contributed by atoms with Crippen molar-refractivity contribution in [3.63, 3.8) is 0 Å². The van der Waals surface area contributed by atoms with Crippen molar-refractivity contribution in [3.8, 4) is 17.1 Å². The summed E-state index contributed by atoms with van der Waals surface area (Å²) in [4.78, 5) is 9.81. The van der Waals surface area contributed by atoms with Crippen LogP contribution in [-0.2, 0) is 0 Å². The van der Waals surface area contributed by atoms with Gasteiger partial charge in [0.25, 0.3) is 0 Å². The molecule has 7 rings (SSSR count). The smallest absolute Gasteiger partial charge is 0.149 e. The molecule has 156 valence electrons. The standard InChI is InChI=1S/C29H19N3O/c1-18-13-14-19-15-16-20(17-25(19)30-18)32-26-11-4-3-10-24(26)31-29(32)23-9-6-8-22-21-7-2-5-12-27(21)33-28(22)23/h2-17H,1H3. The molecule has 0 saturated heterocycles. The highest BCUT2D eigenvalue weighted by molar-refractivity contribution is 6.09. The fourth-order valence-electron chi connectivity index (χ4n) is 4.74. The van der Waals surface area contributed by atoms with E-state index in [1.54, 1.807) is 0 Å². The van der Waals surface area contributed by atoms with Crippen molar-refractivity contribution >= 4 is 43.9 Å². The molecule has 0 fully saturated rings. The van der Waals surface area contributed by atoms with E-state index < -0.39 is 0 Å². The number of aromatic nitrogens is 3. The molecule has 0 N–H and O–H groups in total. The van der Waals surface area contributed by atoms with Crippen LogP contribution in [0.2, 0.25) is 0 Å². The minimum atomic E-state index is 0.852. The Hall–Kier alpha value is -4.44. The van der Waals surface area contributed by atoms with Crippen LogP contribution in [0.3, 0.4) is 0 Å². The first-order valence-corrected chi connectivity index (χ1v) is 11.0. The number of furan rings is 1. The van der Waals surface area contributed by atoms with E-state index in [0.717, 1.165) is 66.6 Å². The number of hydrogen-bond acceptors (Lipinski definition) is 3. The second kappa shape index (κ2) is 6.78. The van der Waals surface area contributed by atoms with Crippen LogP contribution in [-0.4, -0.2) is 14.5 Å². The fraction of sp³-hybridized carbons (Fsp3) is 0.0345. The molecule has 3 heterocycles. The summed E-state index contributed by atoms with van der Waals surface area (Å²) in [6.07, 6.45) is 0. The number of benzene rings is 4. The van der Waals surface area contributed by atoms with Gasteiger partial charge in [0.05, 0.1) is 22.1 Å². The van der Waals surface area contributed by atoms with Gasteiger partial charge in [0.1, 0.15) is 17.0 Å². The van der Waals surface area contributed by atoms with Crippen LogP contribution in [0.4, 0.5) is 0 Å². The SMILES string of the molecule is Cc1ccc2ccc(-n3c(-c4cccc5c4oc4ccccc45)nc4ccccc43)cc2n1. The van der Waals surface area contributed by atoms with Crippen LogP contribution in [0.1, 0.15) is 5.69 Å². The monoisotopic (exact) mass is 425 g/mol. The molecule has 0 aliphatic carbocycles. The third kappa shape index (κ3) is 2.71. The Bertz CT molecular complexity index is 1840. The van der Waals surface area contributed by atoms with Gasteiger partial charge in [-0.25, -0.2) is 4.98 Å². The highest BCUT2D eigenvalue weighted by Crippen LogP contribution is 2.37. The second-order valence-electron chi connectivity index (χ2n) is 8.37. The molecule has 33 heavy (non-hydrogen) atoms. The molecule has 0 aliphatic heterocycles. The number of nitrogens with zero attached hydrogens (tertiary/aromatic N) is 3. The molecule has 4 aromatic carbocycles. The predicted octanol–water partition coefficient (Wildman–Crippen LogP) is 7.45. The molecule has 0 bridgehead atoms. The van der Waals surface area contributed by atoms with Crippen molar-refractivity contribution in [2.24, 2.45) is 0 Å². The molecule has 3 aromatic heterocycles. The summed E-state index contributed by atoms with van der Waals surface area (Å²) in [5.74, 6) is 0.854. The van der Waals surface area contributed by atoms with E-state index in [1.807, 2.05) is 37.3 Å². The van der Waals surface area contributed by atoms with Crippen molar-refractivity contribution in [1.29, 1.82) is 0 Å². The van der Waals surface area contributed by atoms with Crippen molar-refractivity contribution in [2.45, 2.75) is 6.92 Å². The molecule has 0 aliphatic rings. The van der Waals surface area contributed by atoms with Gasteiger partial charge in [-0.05, 0) is 49.4 Å². The first-order chi connectivity index (χ1) is 16.3. The lowest BCUT2D eigenvalue weighted by Gasteiger charge is -2.11. The van der Waals surface area contributed by atoms with Crippen LogP contribution in [0.15, 0.2) is 101 Å². The lowest BCUT2D eigenvalue weighted by molar-refractivity contribution is 0.669. The highest BCUT2D eigenvalue weighted by Gasteiger charge is 2.19. The molecule has 0 atom stereocenters. The summed E-state index contributed by atoms with van der Waals surface area (Å²) in [7, 11) is 0. The number of imidazole rings is 1. The van der Waals surface area contributed by atoms with Gasteiger partial charge in [-0.1, -0.05) is 54.6 Å². The lowest BCUT2D eigenvalue weighted by atomic mass is 10.1. The van der Waals surface area contributed by atoms with Gasteiger partial charge in [0.15, 0.2) is 0 Å². The van der Waals surface area contributed by atoms with Gasteiger partial charge >= 0.3 is 0 Å². The van der Waals surface area contributed by atoms with E-state index in [4.69, 9.17) is 14.4 Å². The number of hydrogen-bond donors (Lipinski definition) is 0. The number of pyridine rings is 1. The molecule has 0 saturated carbocycles. The minimum absolute atomic E-state index is 0.852. The molecule has 4 heteroatoms. The van der Waals surface area contributed by atoms with Crippen molar-refractivity contribution < 1.29 is 4.42 Å². The van der Waals surface area contributed by atoms with Crippen molar-refractivity contribution in [3.05, 3.63) is 103 Å². The molecular formula is C29H19N3O. The molecule has 7 aromatic rings. The van der Waals surface area contributed by atoms with E-state index >= 15 is 0 Å². The number of rotatable bonds is 2. The van der Waals surface area contributed by atoms with Gasteiger partial charge < -0.3 is 4.42 Å². The lowest BCUT2D eigenvalue weighted by Crippen LogP contribution is -1.98. The zero-order chi connectivity index (χ0) is 21.9. The number of aryl methyl sites for hydroxylation is 1. The van der Waals surface area contributed by atoms with Gasteiger partial charge in [-0.2, -0.15) is 0 Å². The molecule has 0 amide bonds. The zero-order valence-corrected chi connectivity index (χ0v) is 18.0. The van der Waals surface area contributed by atoms with Crippen LogP contribution in [0, 0.1) is 6.92 Å². The maximum absolute atomic E-state index is 6.35. The van der Waals surface area contributed by atoms with E-state index in [1.165, 1.54) is 0 Å². The Morgan fingerprint density at radius 2 is 1.52 bits per heavy atom. The van der Waals surface area contributed by atoms with Gasteiger partial charge in [0, 0.05) is 27.5 Å². The maximum atomic E-state index is 6.35. The maximum Gasteiger partial charge on any atom is 0.149 e. The number of fused-ring (bicyclic) bond motifs is 5. The van der Waals surface area contributed by atoms with Crippen molar-refractivity contribution in [1.82, 2.24) is 14.5 Å². The Morgan fingerprint density at radius 1 is 0.697 bits per heavy atom. The molecule has 0 spiro atoms. The molecule has 4 nitrogen and oxygen atoms in total. The van der Waals surface area contributed by atoms with Gasteiger partial charge in [-0.3, -0.25) is 9.55 Å². The topological polar surface area (TPSA) is 43.9 Å². The summed E-state index contributed by atoms with van der Waals surface area (Å²) in [6.45, 7) is 2.02. The van der Waals surface area contributed by atoms with E-state index in [2.05, 4.69) is 71.3 Å². The number of para-hydroxylation sites is 4. The third-order valence-electron chi connectivity index (χ3n) is 6.28. The quantitative estimate of drug-likeness (QED) is 0.289. The third-order valence-corrected chi connectivity index (χ3v) is 6.28. The molecule has 0 unspecified atom stereocenters. The second-order valence-corrected chi connectivity index (χ2v) is 8.37. The summed E-state index contributed by atoms with van der Waals surface area (Å²) in [5, 5.41) is 3.33. The molecular weight excluding hydrogens is 406 g/mol. The first kappa shape index (κ1) is 18.2. The Kier molecular flexibility index (Phi) is 3.73. The van der Waals surface area contributed by atoms with E-state index in [-0.39, 0.29) is 0 Å². The fourth-order valence-corrected chi connectivity index (χ4v) is 4.74. The van der Waals surface area contributed by atoms with Crippen molar-refractivity contribution in [2.75, 3.05) is 0 Å². The van der Waals surface area contributed by atoms with Crippen LogP contribution >= 0.6 is 0 Å². The van der Waals surface area contributed by atoms with E-state index in [0.29, 0.717) is 0 Å². The summed E-state index contributed by atoms with van der Waals surface area (Å²) >= 11 is 0. The summed E-state index contributed by atoms with van der Waals surface area (Å²) < 4.78 is 8.55. The predicted molar refractivity (Wildman–Crippen MR) is 134 cm³/mol. The first-order valence-electron chi connectivity index (χ1n) is 11.0. The average Bonchev–Trinajstić information content (AvgIpc) is 3.42. The highest BCUT2D eigenvalue weighted by atomic mass is 16.3. The van der Waals surface area contributed by atoms with Gasteiger partial charge in [-0.15, -0.1) is 0 Å². The van der Waals surface area contributed by atoms with Crippen LogP contribution in [0.5, 0.6) is 0 Å². The zero-order valence-electron chi connectivity index (χ0n) is 18.0.